The average Bonchev–Trinajstić information content (AvgIpc) is 2.72. The molecule has 1 aromatic heterocycles. The number of aromatic amines is 1. The Hall–Kier alpha value is -3.56. The molecule has 3 rings (SSSR count). The molecule has 2 aromatic carbocycles. The minimum atomic E-state index is -4.46. The minimum absolute atomic E-state index is 0.0153. The topological polar surface area (TPSA) is 87.7 Å². The summed E-state index contributed by atoms with van der Waals surface area (Å²) in [4.78, 5) is 26.5. The molecule has 0 fully saturated rings. The van der Waals surface area contributed by atoms with Gasteiger partial charge in [0.2, 0.25) is 5.91 Å². The van der Waals surface area contributed by atoms with Gasteiger partial charge in [-0.05, 0) is 29.8 Å². The highest BCUT2D eigenvalue weighted by Gasteiger charge is 2.30. The number of alkyl halides is 3. The smallest absolute Gasteiger partial charge is 0.352 e. The van der Waals surface area contributed by atoms with E-state index in [4.69, 9.17) is 0 Å². The summed E-state index contributed by atoms with van der Waals surface area (Å²) in [6.07, 6.45) is -4.44. The molecule has 156 valence electrons. The number of aryl methyl sites for hydroxylation is 1. The van der Waals surface area contributed by atoms with Gasteiger partial charge in [-0.2, -0.15) is 13.2 Å². The van der Waals surface area contributed by atoms with Crippen molar-refractivity contribution < 1.29 is 22.4 Å². The van der Waals surface area contributed by atoms with Crippen molar-refractivity contribution in [3.63, 3.8) is 0 Å². The lowest BCUT2D eigenvalue weighted by atomic mass is 10.1. The maximum atomic E-state index is 12.9. The van der Waals surface area contributed by atoms with Gasteiger partial charge in [0.05, 0.1) is 5.56 Å². The molecule has 0 radical (unpaired) electrons. The standard InChI is InChI=1S/C20H16F4N4O2/c21-15-7-1-12(2-8-15)11-25-17(29)10-9-16-19(30)26-18(28-27-16)13-3-5-14(6-4-13)20(22,23)24/h1-8H,9-11H2,(H,25,29)(H,26,28,30). The van der Waals surface area contributed by atoms with Crippen molar-refractivity contribution in [1.82, 2.24) is 20.5 Å². The first-order chi connectivity index (χ1) is 14.2. The predicted octanol–water partition coefficient (Wildman–Crippen LogP) is 3.24. The molecule has 0 aliphatic carbocycles. The molecule has 1 amide bonds. The SMILES string of the molecule is O=C(CCc1nnc(-c2ccc(C(F)(F)F)cc2)[nH]c1=O)NCc1ccc(F)cc1. The lowest BCUT2D eigenvalue weighted by molar-refractivity contribution is -0.137. The zero-order valence-corrected chi connectivity index (χ0v) is 15.5. The van der Waals surface area contributed by atoms with Crippen LogP contribution in [0.15, 0.2) is 53.3 Å². The molecular weight excluding hydrogens is 404 g/mol. The Kier molecular flexibility index (Phi) is 6.24. The summed E-state index contributed by atoms with van der Waals surface area (Å²) in [6.45, 7) is 0.216. The number of rotatable bonds is 6. The van der Waals surface area contributed by atoms with Crippen LogP contribution in [0.1, 0.15) is 23.2 Å². The number of carbonyl (C=O) groups excluding carboxylic acids is 1. The fraction of sp³-hybridized carbons (Fsp3) is 0.200. The molecule has 6 nitrogen and oxygen atoms in total. The highest BCUT2D eigenvalue weighted by molar-refractivity contribution is 5.76. The van der Waals surface area contributed by atoms with Gasteiger partial charge in [0, 0.05) is 24.9 Å². The summed E-state index contributed by atoms with van der Waals surface area (Å²) in [5.74, 6) is -0.673. The lowest BCUT2D eigenvalue weighted by Crippen LogP contribution is -2.25. The van der Waals surface area contributed by atoms with Crippen molar-refractivity contribution in [2.75, 3.05) is 0 Å². The Morgan fingerprint density at radius 1 is 1.00 bits per heavy atom. The number of nitrogens with zero attached hydrogens (tertiary/aromatic N) is 2. The molecule has 0 aliphatic heterocycles. The van der Waals surface area contributed by atoms with Crippen LogP contribution in [-0.2, 0) is 23.9 Å². The third kappa shape index (κ3) is 5.49. The van der Waals surface area contributed by atoms with Crippen molar-refractivity contribution in [3.8, 4) is 11.4 Å². The predicted molar refractivity (Wildman–Crippen MR) is 99.7 cm³/mol. The average molecular weight is 420 g/mol. The Morgan fingerprint density at radius 3 is 2.27 bits per heavy atom. The number of aromatic nitrogens is 3. The van der Waals surface area contributed by atoms with E-state index < -0.39 is 17.3 Å². The van der Waals surface area contributed by atoms with Crippen LogP contribution in [0, 0.1) is 5.82 Å². The van der Waals surface area contributed by atoms with Gasteiger partial charge in [0.1, 0.15) is 11.5 Å². The van der Waals surface area contributed by atoms with Crippen molar-refractivity contribution in [2.45, 2.75) is 25.6 Å². The molecule has 30 heavy (non-hydrogen) atoms. The molecule has 0 saturated carbocycles. The molecule has 0 spiro atoms. The Bertz CT molecular complexity index is 1080. The fourth-order valence-electron chi connectivity index (χ4n) is 2.59. The van der Waals surface area contributed by atoms with Crippen LogP contribution in [0.2, 0.25) is 0 Å². The first kappa shape index (κ1) is 21.2. The monoisotopic (exact) mass is 420 g/mol. The third-order valence-electron chi connectivity index (χ3n) is 4.24. The first-order valence-corrected chi connectivity index (χ1v) is 8.87. The van der Waals surface area contributed by atoms with Crippen LogP contribution in [0.3, 0.4) is 0 Å². The first-order valence-electron chi connectivity index (χ1n) is 8.87. The number of H-pyrrole nitrogens is 1. The number of hydrogen-bond acceptors (Lipinski definition) is 4. The molecule has 0 saturated heterocycles. The quantitative estimate of drug-likeness (QED) is 0.600. The van der Waals surface area contributed by atoms with Gasteiger partial charge >= 0.3 is 6.18 Å². The zero-order valence-electron chi connectivity index (χ0n) is 15.5. The molecule has 0 atom stereocenters. The van der Waals surface area contributed by atoms with E-state index in [0.717, 1.165) is 17.7 Å². The summed E-state index contributed by atoms with van der Waals surface area (Å²) < 4.78 is 50.7. The van der Waals surface area contributed by atoms with Gasteiger partial charge in [-0.25, -0.2) is 4.39 Å². The van der Waals surface area contributed by atoms with Gasteiger partial charge in [-0.3, -0.25) is 9.59 Å². The van der Waals surface area contributed by atoms with E-state index in [2.05, 4.69) is 20.5 Å². The van der Waals surface area contributed by atoms with Crippen LogP contribution in [0.25, 0.3) is 11.4 Å². The van der Waals surface area contributed by atoms with Crippen LogP contribution in [0.5, 0.6) is 0 Å². The molecule has 3 aromatic rings. The molecule has 0 unspecified atom stereocenters. The van der Waals surface area contributed by atoms with Gasteiger partial charge in [-0.15, -0.1) is 10.2 Å². The number of halogens is 4. The number of carbonyl (C=O) groups is 1. The van der Waals surface area contributed by atoms with Crippen LogP contribution < -0.4 is 10.9 Å². The van der Waals surface area contributed by atoms with Crippen molar-refractivity contribution in [1.29, 1.82) is 0 Å². The van der Waals surface area contributed by atoms with E-state index in [1.165, 1.54) is 24.3 Å². The second kappa shape index (κ2) is 8.85. The van der Waals surface area contributed by atoms with Crippen molar-refractivity contribution >= 4 is 5.91 Å². The highest BCUT2D eigenvalue weighted by Crippen LogP contribution is 2.30. The molecular formula is C20H16F4N4O2. The summed E-state index contributed by atoms with van der Waals surface area (Å²) in [6, 6.07) is 9.81. The van der Waals surface area contributed by atoms with Crippen LogP contribution >= 0.6 is 0 Å². The molecule has 1 heterocycles. The minimum Gasteiger partial charge on any atom is -0.352 e. The Balaban J connectivity index is 1.58. The van der Waals surface area contributed by atoms with Gasteiger partial charge in [0.25, 0.3) is 5.56 Å². The maximum Gasteiger partial charge on any atom is 0.416 e. The second-order valence-corrected chi connectivity index (χ2v) is 6.43. The molecule has 10 heteroatoms. The molecule has 2 N–H and O–H groups in total. The van der Waals surface area contributed by atoms with E-state index in [1.54, 1.807) is 12.1 Å². The Morgan fingerprint density at radius 2 is 1.67 bits per heavy atom. The number of amides is 1. The van der Waals surface area contributed by atoms with E-state index in [9.17, 15) is 27.2 Å². The van der Waals surface area contributed by atoms with E-state index in [1.807, 2.05) is 0 Å². The lowest BCUT2D eigenvalue weighted by Gasteiger charge is -2.07. The third-order valence-corrected chi connectivity index (χ3v) is 4.24. The number of nitrogens with one attached hydrogen (secondary N) is 2. The highest BCUT2D eigenvalue weighted by atomic mass is 19.4. The largest absolute Gasteiger partial charge is 0.416 e. The summed E-state index contributed by atoms with van der Waals surface area (Å²) in [5, 5.41) is 10.3. The van der Waals surface area contributed by atoms with Gasteiger partial charge in [-0.1, -0.05) is 24.3 Å². The summed E-state index contributed by atoms with van der Waals surface area (Å²) >= 11 is 0. The second-order valence-electron chi connectivity index (χ2n) is 6.43. The van der Waals surface area contributed by atoms with Crippen molar-refractivity contribution in [3.05, 3.63) is 81.5 Å². The van der Waals surface area contributed by atoms with Crippen molar-refractivity contribution in [2.24, 2.45) is 0 Å². The van der Waals surface area contributed by atoms with Crippen LogP contribution in [-0.4, -0.2) is 21.1 Å². The Labute approximate surface area is 168 Å². The fourth-order valence-corrected chi connectivity index (χ4v) is 2.59. The van der Waals surface area contributed by atoms with E-state index in [0.29, 0.717) is 0 Å². The normalized spacial score (nSPS) is 11.3. The van der Waals surface area contributed by atoms with Gasteiger partial charge in [0.15, 0.2) is 5.82 Å². The van der Waals surface area contributed by atoms with E-state index in [-0.39, 0.29) is 48.2 Å². The number of benzene rings is 2. The summed E-state index contributed by atoms with van der Waals surface area (Å²) in [5.41, 5.74) is -0.363. The maximum absolute atomic E-state index is 12.9. The van der Waals surface area contributed by atoms with Crippen LogP contribution in [0.4, 0.5) is 17.6 Å². The zero-order chi connectivity index (χ0) is 21.7. The van der Waals surface area contributed by atoms with Gasteiger partial charge < -0.3 is 10.3 Å². The molecule has 0 bridgehead atoms. The summed E-state index contributed by atoms with van der Waals surface area (Å²) in [7, 11) is 0. The number of hydrogen-bond donors (Lipinski definition) is 2. The van der Waals surface area contributed by atoms with E-state index >= 15 is 0 Å². The molecule has 0 aliphatic rings.